The molecule has 2 N–H and O–H groups in total. The third-order valence-corrected chi connectivity index (χ3v) is 24.7. The van der Waals surface area contributed by atoms with Gasteiger partial charge in [-0.1, -0.05) is 85.8 Å². The molecule has 0 bridgehead atoms. The van der Waals surface area contributed by atoms with E-state index in [0.717, 1.165) is 138 Å². The molecule has 4 rings (SSSR count). The van der Waals surface area contributed by atoms with Gasteiger partial charge in [-0.25, -0.2) is 14.3 Å². The average Bonchev–Trinajstić information content (AvgIpc) is 3.60. The van der Waals surface area contributed by atoms with Crippen molar-refractivity contribution in [2.45, 2.75) is 69.2 Å². The Morgan fingerprint density at radius 2 is 0.847 bits per heavy atom. The number of likely N-dealkylation sites (N-methyl/N-ethyl adjacent to an activating group) is 5. The number of nitrogens with zero attached hydrogens (tertiary/aromatic N) is 13. The Hall–Kier alpha value is -4.38. The predicted molar refractivity (Wildman–Crippen MR) is 377 cm³/mol. The third kappa shape index (κ3) is 25.3. The molecule has 0 saturated carbocycles. The van der Waals surface area contributed by atoms with E-state index >= 15 is 0 Å². The molecule has 4 aromatic carbocycles. The number of thiol groups is 2. The van der Waals surface area contributed by atoms with Gasteiger partial charge >= 0.3 is 6.64 Å². The molecule has 0 fully saturated rings. The smallest absolute Gasteiger partial charge is 0.410 e. The molecule has 0 heterocycles. The monoisotopic (exact) mass is 1280 g/mol. The predicted octanol–water partition coefficient (Wildman–Crippen LogP) is 12.4. The van der Waals surface area contributed by atoms with E-state index < -0.39 is 19.8 Å². The maximum absolute atomic E-state index is 6.69. The van der Waals surface area contributed by atoms with Gasteiger partial charge in [0.15, 0.2) is 13.1 Å². The Morgan fingerprint density at radius 3 is 1.21 bits per heavy atom. The fourth-order valence-corrected chi connectivity index (χ4v) is 14.8. The summed E-state index contributed by atoms with van der Waals surface area (Å²) in [6, 6.07) is 31.4. The molecule has 0 spiro atoms. The van der Waals surface area contributed by atoms with Gasteiger partial charge in [-0.05, 0) is 180 Å². The van der Waals surface area contributed by atoms with Gasteiger partial charge in [0, 0.05) is 90.0 Å². The SMILES string of the molecule is CC#Cc1ccc(N(CC)CCOc2ccc(C=NN(C)P(=S)(Oc3ccc(C=NN(C)P(S)(=NCCN(CC)CC)NCCN(CC)CC)cc3)Oc3ccc(C=NN(C)P(S)(=NCCN(CC)CC)NCCN(CC)CC)cc3)cc2)cc1. The third-order valence-electron chi connectivity index (χ3n) is 14.4. The van der Waals surface area contributed by atoms with Crippen LogP contribution in [0.25, 0.3) is 0 Å². The summed E-state index contributed by atoms with van der Waals surface area (Å²) in [5.41, 5.74) is 4.70. The fraction of sp³-hybridized carbons (Fsp3) is 0.525. The summed E-state index contributed by atoms with van der Waals surface area (Å²) in [6.45, 7) is 29.3. The van der Waals surface area contributed by atoms with Crippen LogP contribution in [-0.4, -0.2) is 198 Å². The summed E-state index contributed by atoms with van der Waals surface area (Å²) >= 11 is 16.7. The summed E-state index contributed by atoms with van der Waals surface area (Å²) in [5, 5.41) is 21.9. The van der Waals surface area contributed by atoms with Crippen molar-refractivity contribution in [1.29, 1.82) is 0 Å². The molecule has 18 nitrogen and oxygen atoms in total. The van der Waals surface area contributed by atoms with Crippen molar-refractivity contribution in [3.63, 3.8) is 0 Å². The molecule has 470 valence electrons. The molecule has 0 aliphatic carbocycles. The van der Waals surface area contributed by atoms with Crippen LogP contribution in [0.4, 0.5) is 5.69 Å². The maximum atomic E-state index is 6.69. The minimum atomic E-state index is -3.41. The molecule has 85 heavy (non-hydrogen) atoms. The Morgan fingerprint density at radius 1 is 0.482 bits per heavy atom. The zero-order valence-electron chi connectivity index (χ0n) is 53.1. The van der Waals surface area contributed by atoms with Gasteiger partial charge < -0.3 is 38.3 Å². The van der Waals surface area contributed by atoms with Crippen LogP contribution in [0.5, 0.6) is 17.2 Å². The van der Waals surface area contributed by atoms with Crippen molar-refractivity contribution in [3.8, 4) is 29.1 Å². The van der Waals surface area contributed by atoms with Crippen LogP contribution in [0.2, 0.25) is 0 Å². The van der Waals surface area contributed by atoms with Crippen molar-refractivity contribution in [3.05, 3.63) is 119 Å². The van der Waals surface area contributed by atoms with E-state index in [1.165, 1.54) is 0 Å². The van der Waals surface area contributed by atoms with E-state index in [1.54, 1.807) is 18.0 Å². The Balaban J connectivity index is 1.58. The van der Waals surface area contributed by atoms with Crippen LogP contribution in [0, 0.1) is 11.8 Å². The minimum absolute atomic E-state index is 0.515. The van der Waals surface area contributed by atoms with Crippen LogP contribution < -0.4 is 28.9 Å². The van der Waals surface area contributed by atoms with Gasteiger partial charge in [-0.15, -0.1) is 5.92 Å². The van der Waals surface area contributed by atoms with Crippen molar-refractivity contribution >= 4 is 80.4 Å². The maximum Gasteiger partial charge on any atom is 0.410 e. The summed E-state index contributed by atoms with van der Waals surface area (Å²) < 4.78 is 35.2. The van der Waals surface area contributed by atoms with Gasteiger partial charge in [-0.2, -0.15) is 15.3 Å². The number of benzene rings is 4. The standard InChI is InChI=1S/C61H100N15O3P3S3/c1-14-24-54-25-33-58(34-26-54)76(23-10)49-50-77-59-35-27-55(28-36-59)53-64-71(13)82(85,78-60-37-29-56(30-38-60)51-62-69(11)80(83,65-41-45-72(15-2)16-3)66-42-46-73(17-4)18-5)79-61-39-31-57(32-40-61)52-63-70(12)81(84,67-43-47-74(19-6)20-7)68-44-48-75(21-8)22-9/h25-40,51-53,65,67,83-84H,15-23,41-50H2,1-13H3. The highest BCUT2D eigenvalue weighted by atomic mass is 32.7. The number of nitrogens with one attached hydrogen (secondary N) is 2. The zero-order chi connectivity index (χ0) is 62.1. The Bertz CT molecular complexity index is 2720. The van der Waals surface area contributed by atoms with E-state index in [4.69, 9.17) is 74.9 Å². The van der Waals surface area contributed by atoms with Crippen molar-refractivity contribution in [1.82, 2.24) is 44.1 Å². The largest absolute Gasteiger partial charge is 0.492 e. The van der Waals surface area contributed by atoms with E-state index in [-0.39, 0.29) is 0 Å². The first-order chi connectivity index (χ1) is 41.0. The molecular formula is C61H100N15O3P3S3. The molecule has 24 heteroatoms. The highest BCUT2D eigenvalue weighted by molar-refractivity contribution is 8.47. The lowest BCUT2D eigenvalue weighted by Gasteiger charge is -2.30. The molecule has 0 aliphatic rings. The number of hydrazone groups is 3. The van der Waals surface area contributed by atoms with Gasteiger partial charge in [0.05, 0.1) is 38.3 Å². The Kier molecular flexibility index (Phi) is 34.0. The van der Waals surface area contributed by atoms with Gasteiger partial charge in [0.1, 0.15) is 23.9 Å². The normalized spacial score (nSPS) is 13.9. The lowest BCUT2D eigenvalue weighted by Crippen LogP contribution is -2.32. The molecular weight excluding hydrogens is 1180 g/mol. The van der Waals surface area contributed by atoms with E-state index in [0.29, 0.717) is 31.2 Å². The molecule has 4 aromatic rings. The summed E-state index contributed by atoms with van der Waals surface area (Å²) in [6.07, 6.45) is 5.37. The first-order valence-corrected chi connectivity index (χ1v) is 38.3. The fourth-order valence-electron chi connectivity index (χ4n) is 8.60. The molecule has 0 aliphatic heterocycles. The number of ether oxygens (including phenoxy) is 1. The zero-order valence-corrected chi connectivity index (χ0v) is 58.4. The van der Waals surface area contributed by atoms with Crippen molar-refractivity contribution in [2.24, 2.45) is 24.8 Å². The first kappa shape index (κ1) is 73.1. The molecule has 2 unspecified atom stereocenters. The second-order valence-corrected chi connectivity index (χ2v) is 30.9. The molecule has 0 saturated heterocycles. The van der Waals surface area contributed by atoms with Crippen LogP contribution in [-0.2, 0) is 11.8 Å². The lowest BCUT2D eigenvalue weighted by molar-refractivity contribution is 0.308. The second-order valence-electron chi connectivity index (χ2n) is 19.7. The first-order valence-electron chi connectivity index (χ1n) is 30.0. The summed E-state index contributed by atoms with van der Waals surface area (Å²) in [5.74, 6) is 7.86. The van der Waals surface area contributed by atoms with E-state index in [9.17, 15) is 0 Å². The van der Waals surface area contributed by atoms with E-state index in [1.807, 2.05) is 116 Å². The van der Waals surface area contributed by atoms with Gasteiger partial charge in [-0.3, -0.25) is 19.7 Å². The summed E-state index contributed by atoms with van der Waals surface area (Å²) in [4.78, 5) is 11.8. The van der Waals surface area contributed by atoms with Crippen LogP contribution >= 0.6 is 44.3 Å². The van der Waals surface area contributed by atoms with Crippen LogP contribution in [0.15, 0.2) is 122 Å². The lowest BCUT2D eigenvalue weighted by atomic mass is 10.2. The van der Waals surface area contributed by atoms with Crippen molar-refractivity contribution < 1.29 is 13.8 Å². The van der Waals surface area contributed by atoms with Gasteiger partial charge in [0.25, 0.3) is 0 Å². The van der Waals surface area contributed by atoms with Crippen LogP contribution in [0.1, 0.15) is 91.5 Å². The second kappa shape index (κ2) is 39.5. The van der Waals surface area contributed by atoms with Crippen molar-refractivity contribution in [2.75, 3.05) is 150 Å². The Labute approximate surface area is 528 Å². The number of rotatable bonds is 41. The topological polar surface area (TPSA) is 139 Å². The van der Waals surface area contributed by atoms with Gasteiger partial charge in [0.2, 0.25) is 0 Å². The number of hydrogen-bond acceptors (Lipinski definition) is 14. The highest BCUT2D eigenvalue weighted by Gasteiger charge is 2.29. The molecule has 0 amide bonds. The van der Waals surface area contributed by atoms with Crippen LogP contribution in [0.3, 0.4) is 0 Å². The quantitative estimate of drug-likeness (QED) is 0.0110. The summed E-state index contributed by atoms with van der Waals surface area (Å²) in [7, 11) is 5.65. The number of hydrogen-bond donors (Lipinski definition) is 4. The van der Waals surface area contributed by atoms with E-state index in [2.05, 4.69) is 133 Å². The molecule has 0 aromatic heterocycles. The molecule has 2 atom stereocenters. The molecule has 0 radical (unpaired) electrons. The average molecular weight is 1280 g/mol. The highest BCUT2D eigenvalue weighted by Crippen LogP contribution is 2.54. The minimum Gasteiger partial charge on any atom is -0.492 e. The number of anilines is 1.